The number of nitro groups is 1. The Hall–Kier alpha value is -3.25. The maximum Gasteiger partial charge on any atom is 0.286 e. The Balaban J connectivity index is 1.71. The molecular formula is C21H27N5O6S. The summed E-state index contributed by atoms with van der Waals surface area (Å²) in [6.45, 7) is 5.87. The molecule has 0 bridgehead atoms. The molecule has 0 saturated carbocycles. The number of aromatic nitrogens is 1. The van der Waals surface area contributed by atoms with E-state index in [1.807, 2.05) is 24.1 Å². The lowest BCUT2D eigenvalue weighted by atomic mass is 10.1. The Morgan fingerprint density at radius 2 is 1.97 bits per heavy atom. The fraction of sp³-hybridized carbons (Fsp3) is 0.476. The van der Waals surface area contributed by atoms with Gasteiger partial charge in [0.2, 0.25) is 5.91 Å². The first-order valence-corrected chi connectivity index (χ1v) is 11.4. The van der Waals surface area contributed by atoms with Crippen LogP contribution in [0.1, 0.15) is 29.9 Å². The second kappa shape index (κ2) is 11.1. The predicted octanol–water partition coefficient (Wildman–Crippen LogP) is 1.92. The Morgan fingerprint density at radius 1 is 1.24 bits per heavy atom. The molecule has 0 atom stereocenters. The molecule has 3 rings (SSSR count). The quantitative estimate of drug-likeness (QED) is 0.429. The van der Waals surface area contributed by atoms with E-state index in [4.69, 9.17) is 9.47 Å². The molecule has 1 aliphatic rings. The van der Waals surface area contributed by atoms with E-state index < -0.39 is 10.8 Å². The van der Waals surface area contributed by atoms with Gasteiger partial charge in [-0.15, -0.1) is 11.3 Å². The highest BCUT2D eigenvalue weighted by Gasteiger charge is 2.30. The van der Waals surface area contributed by atoms with Crippen molar-refractivity contribution in [2.24, 2.45) is 0 Å². The molecule has 0 unspecified atom stereocenters. The van der Waals surface area contributed by atoms with Crippen LogP contribution in [0.15, 0.2) is 23.0 Å². The summed E-state index contributed by atoms with van der Waals surface area (Å²) in [5.74, 6) is -0.145. The van der Waals surface area contributed by atoms with Gasteiger partial charge in [0.05, 0.1) is 35.8 Å². The molecule has 1 aliphatic heterocycles. The summed E-state index contributed by atoms with van der Waals surface area (Å²) in [6.07, 6.45) is 0. The number of ether oxygens (including phenoxy) is 2. The fourth-order valence-electron chi connectivity index (χ4n) is 3.45. The highest BCUT2D eigenvalue weighted by Crippen LogP contribution is 2.36. The molecule has 0 aliphatic carbocycles. The molecule has 33 heavy (non-hydrogen) atoms. The minimum absolute atomic E-state index is 0.0596. The largest absolute Gasteiger partial charge is 0.493 e. The Kier molecular flexibility index (Phi) is 8.17. The average Bonchev–Trinajstić information content (AvgIpc) is 3.30. The van der Waals surface area contributed by atoms with Crippen LogP contribution in [-0.2, 0) is 11.4 Å². The van der Waals surface area contributed by atoms with E-state index in [0.717, 1.165) is 0 Å². The predicted molar refractivity (Wildman–Crippen MR) is 122 cm³/mol. The van der Waals surface area contributed by atoms with Crippen LogP contribution in [0.3, 0.4) is 0 Å². The van der Waals surface area contributed by atoms with Crippen LogP contribution in [0.5, 0.6) is 11.5 Å². The topological polar surface area (TPSA) is 127 Å². The zero-order chi connectivity index (χ0) is 24.0. The van der Waals surface area contributed by atoms with Gasteiger partial charge in [-0.05, 0) is 13.8 Å². The monoisotopic (exact) mass is 477 g/mol. The number of piperazine rings is 1. The third-order valence-electron chi connectivity index (χ3n) is 5.04. The number of hydrogen-bond donors (Lipinski definition) is 1. The average molecular weight is 478 g/mol. The van der Waals surface area contributed by atoms with E-state index in [2.05, 4.69) is 10.3 Å². The number of thiazole rings is 1. The van der Waals surface area contributed by atoms with Crippen LogP contribution in [0, 0.1) is 10.1 Å². The zero-order valence-corrected chi connectivity index (χ0v) is 19.6. The lowest BCUT2D eigenvalue weighted by Crippen LogP contribution is -2.51. The normalized spacial score (nSPS) is 14.2. The van der Waals surface area contributed by atoms with Crippen molar-refractivity contribution in [1.82, 2.24) is 20.1 Å². The summed E-state index contributed by atoms with van der Waals surface area (Å²) in [5, 5.41) is 16.4. The number of rotatable bonds is 9. The van der Waals surface area contributed by atoms with Gasteiger partial charge >= 0.3 is 0 Å². The number of carbonyl (C=O) groups is 2. The molecule has 1 aromatic carbocycles. The number of benzene rings is 1. The van der Waals surface area contributed by atoms with Crippen molar-refractivity contribution in [1.29, 1.82) is 0 Å². The Labute approximate surface area is 195 Å². The van der Waals surface area contributed by atoms with Crippen molar-refractivity contribution in [3.8, 4) is 11.5 Å². The smallest absolute Gasteiger partial charge is 0.286 e. The van der Waals surface area contributed by atoms with Gasteiger partial charge < -0.3 is 19.7 Å². The second-order valence-electron chi connectivity index (χ2n) is 7.84. The van der Waals surface area contributed by atoms with Gasteiger partial charge in [-0.3, -0.25) is 24.6 Å². The van der Waals surface area contributed by atoms with Gasteiger partial charge in [0, 0.05) is 43.7 Å². The van der Waals surface area contributed by atoms with Gasteiger partial charge in [-0.1, -0.05) is 0 Å². The summed E-state index contributed by atoms with van der Waals surface area (Å²) in [5.41, 5.74) is 1.93. The molecule has 11 nitrogen and oxygen atoms in total. The number of carbonyl (C=O) groups excluding carboxylic acids is 2. The van der Waals surface area contributed by atoms with Crippen molar-refractivity contribution >= 4 is 28.8 Å². The third-order valence-corrected chi connectivity index (χ3v) is 5.68. The minimum Gasteiger partial charge on any atom is -0.493 e. The molecule has 1 saturated heterocycles. The van der Waals surface area contributed by atoms with Gasteiger partial charge in [-0.25, -0.2) is 4.98 Å². The third kappa shape index (κ3) is 6.39. The minimum atomic E-state index is -0.602. The maximum atomic E-state index is 13.1. The van der Waals surface area contributed by atoms with Gasteiger partial charge in [0.15, 0.2) is 11.5 Å². The highest BCUT2D eigenvalue weighted by atomic mass is 32.1. The summed E-state index contributed by atoms with van der Waals surface area (Å²) in [7, 11) is 1.41. The van der Waals surface area contributed by atoms with Crippen LogP contribution in [0.2, 0.25) is 0 Å². The van der Waals surface area contributed by atoms with Crippen molar-refractivity contribution in [2.45, 2.75) is 26.5 Å². The first-order chi connectivity index (χ1) is 15.8. The standard InChI is InChI=1S/C21H27N5O6S/c1-14(2)23-20(27)10-24-4-6-25(7-5-24)21(28)16-8-18(31-3)19(9-17(16)26(29)30)32-11-15-12-33-13-22-15/h8-9,12-14H,4-7,10-11H2,1-3H3,(H,23,27). The SMILES string of the molecule is COc1cc(C(=O)N2CCN(CC(=O)NC(C)C)CC2)c([N+](=O)[O-])cc1OCc1cscn1. The van der Waals surface area contributed by atoms with E-state index in [9.17, 15) is 19.7 Å². The summed E-state index contributed by atoms with van der Waals surface area (Å²) < 4.78 is 11.0. The Bertz CT molecular complexity index is 989. The van der Waals surface area contributed by atoms with E-state index in [0.29, 0.717) is 31.9 Å². The molecule has 12 heteroatoms. The van der Waals surface area contributed by atoms with Crippen molar-refractivity contribution in [2.75, 3.05) is 39.8 Å². The first-order valence-electron chi connectivity index (χ1n) is 10.5. The number of amides is 2. The van der Waals surface area contributed by atoms with Gasteiger partial charge in [0.25, 0.3) is 11.6 Å². The highest BCUT2D eigenvalue weighted by molar-refractivity contribution is 7.07. The van der Waals surface area contributed by atoms with Gasteiger partial charge in [-0.2, -0.15) is 0 Å². The lowest BCUT2D eigenvalue weighted by molar-refractivity contribution is -0.385. The molecule has 2 heterocycles. The van der Waals surface area contributed by atoms with Crippen LogP contribution < -0.4 is 14.8 Å². The van der Waals surface area contributed by atoms with Crippen LogP contribution in [0.25, 0.3) is 0 Å². The van der Waals surface area contributed by atoms with Crippen LogP contribution >= 0.6 is 11.3 Å². The number of nitrogens with zero attached hydrogens (tertiary/aromatic N) is 4. The molecule has 0 spiro atoms. The summed E-state index contributed by atoms with van der Waals surface area (Å²) in [6, 6.07) is 2.62. The van der Waals surface area contributed by atoms with Crippen LogP contribution in [-0.4, -0.2) is 77.4 Å². The molecular weight excluding hydrogens is 450 g/mol. The molecule has 1 N–H and O–H groups in total. The number of methoxy groups -OCH3 is 1. The zero-order valence-electron chi connectivity index (χ0n) is 18.8. The molecule has 0 radical (unpaired) electrons. The van der Waals surface area contributed by atoms with Crippen LogP contribution in [0.4, 0.5) is 5.69 Å². The van der Waals surface area contributed by atoms with E-state index in [1.165, 1.54) is 30.6 Å². The number of nitro benzene ring substituents is 1. The first kappa shape index (κ1) is 24.4. The number of nitrogens with one attached hydrogen (secondary N) is 1. The number of hydrogen-bond acceptors (Lipinski definition) is 9. The lowest BCUT2D eigenvalue weighted by Gasteiger charge is -2.34. The van der Waals surface area contributed by atoms with E-state index >= 15 is 0 Å². The molecule has 1 aromatic heterocycles. The molecule has 2 amide bonds. The van der Waals surface area contributed by atoms with Gasteiger partial charge in [0.1, 0.15) is 12.2 Å². The summed E-state index contributed by atoms with van der Waals surface area (Å²) in [4.78, 5) is 43.9. The van der Waals surface area contributed by atoms with Crippen molar-refractivity contribution in [3.05, 3.63) is 44.4 Å². The second-order valence-corrected chi connectivity index (χ2v) is 8.56. The molecule has 2 aromatic rings. The van der Waals surface area contributed by atoms with E-state index in [-0.39, 0.29) is 47.9 Å². The van der Waals surface area contributed by atoms with Crippen molar-refractivity contribution < 1.29 is 24.0 Å². The molecule has 178 valence electrons. The summed E-state index contributed by atoms with van der Waals surface area (Å²) >= 11 is 1.41. The van der Waals surface area contributed by atoms with Crippen molar-refractivity contribution in [3.63, 3.8) is 0 Å². The molecule has 1 fully saturated rings. The van der Waals surface area contributed by atoms with E-state index in [1.54, 1.807) is 10.4 Å². The fourth-order valence-corrected chi connectivity index (χ4v) is 4.00. The maximum absolute atomic E-state index is 13.1. The Morgan fingerprint density at radius 3 is 2.55 bits per heavy atom.